The van der Waals surface area contributed by atoms with Crippen molar-refractivity contribution in [1.82, 2.24) is 14.9 Å². The monoisotopic (exact) mass is 475 g/mol. The standard InChI is InChI=1S/C19H21F4N5OS2/c1-9-14(10-4-5-25-13(6-10)18(2,3)19(21,22)23)31-16(26-9)27-17(29)28-8-11(20)7-12(28)15(24)30/h4-6,11-12H,7-8H2,1-3H3,(H2,24,30)(H,26,27,29). The molecule has 2 atom stereocenters. The van der Waals surface area contributed by atoms with Gasteiger partial charge in [0, 0.05) is 12.6 Å². The Labute approximate surface area is 185 Å². The zero-order valence-electron chi connectivity index (χ0n) is 17.0. The Morgan fingerprint density at radius 2 is 2.06 bits per heavy atom. The van der Waals surface area contributed by atoms with E-state index in [-0.39, 0.29) is 28.8 Å². The van der Waals surface area contributed by atoms with Crippen LogP contribution in [0.15, 0.2) is 18.3 Å². The molecule has 6 nitrogen and oxygen atoms in total. The van der Waals surface area contributed by atoms with Gasteiger partial charge < -0.3 is 10.6 Å². The number of halogens is 4. The zero-order chi connectivity index (χ0) is 23.1. The van der Waals surface area contributed by atoms with Gasteiger partial charge in [0.15, 0.2) is 5.13 Å². The number of urea groups is 1. The van der Waals surface area contributed by atoms with E-state index < -0.39 is 29.8 Å². The molecule has 2 unspecified atom stereocenters. The van der Waals surface area contributed by atoms with E-state index in [1.807, 2.05) is 0 Å². The van der Waals surface area contributed by atoms with E-state index in [4.69, 9.17) is 18.0 Å². The Balaban J connectivity index is 1.84. The third-order valence-corrected chi connectivity index (χ3v) is 6.61. The fourth-order valence-corrected chi connectivity index (χ4v) is 4.39. The molecule has 2 aromatic heterocycles. The van der Waals surface area contributed by atoms with Gasteiger partial charge in [0.2, 0.25) is 0 Å². The lowest BCUT2D eigenvalue weighted by Crippen LogP contribution is -2.44. The first-order valence-corrected chi connectivity index (χ1v) is 10.6. The molecule has 0 radical (unpaired) electrons. The van der Waals surface area contributed by atoms with Crippen LogP contribution in [0.2, 0.25) is 0 Å². The Hall–Kier alpha value is -2.34. The van der Waals surface area contributed by atoms with Crippen molar-refractivity contribution in [2.24, 2.45) is 5.73 Å². The van der Waals surface area contributed by atoms with Crippen molar-refractivity contribution < 1.29 is 22.4 Å². The van der Waals surface area contributed by atoms with Crippen molar-refractivity contribution in [2.45, 2.75) is 51.0 Å². The molecule has 31 heavy (non-hydrogen) atoms. The highest BCUT2D eigenvalue weighted by Crippen LogP contribution is 2.41. The Kier molecular flexibility index (Phi) is 6.25. The number of hydrogen-bond acceptors (Lipinski definition) is 5. The average molecular weight is 476 g/mol. The van der Waals surface area contributed by atoms with Crippen LogP contribution in [0, 0.1) is 6.92 Å². The van der Waals surface area contributed by atoms with Gasteiger partial charge in [-0.2, -0.15) is 13.2 Å². The molecule has 1 aliphatic rings. The van der Waals surface area contributed by atoms with E-state index in [1.54, 1.807) is 13.0 Å². The number of likely N-dealkylation sites (tertiary alicyclic amines) is 1. The minimum Gasteiger partial charge on any atom is -0.392 e. The number of nitrogens with one attached hydrogen (secondary N) is 1. The van der Waals surface area contributed by atoms with Crippen molar-refractivity contribution in [3.63, 3.8) is 0 Å². The zero-order valence-corrected chi connectivity index (χ0v) is 18.6. The number of nitrogens with zero attached hydrogens (tertiary/aromatic N) is 3. The molecule has 1 saturated heterocycles. The summed E-state index contributed by atoms with van der Waals surface area (Å²) in [5.41, 5.74) is 4.38. The van der Waals surface area contributed by atoms with E-state index in [2.05, 4.69) is 15.3 Å². The molecule has 2 aromatic rings. The minimum absolute atomic E-state index is 0.0305. The van der Waals surface area contributed by atoms with Gasteiger partial charge in [-0.1, -0.05) is 23.6 Å². The summed E-state index contributed by atoms with van der Waals surface area (Å²) < 4.78 is 53.9. The van der Waals surface area contributed by atoms with Crippen LogP contribution in [0.25, 0.3) is 10.4 Å². The van der Waals surface area contributed by atoms with Gasteiger partial charge in [0.25, 0.3) is 0 Å². The Morgan fingerprint density at radius 3 is 2.68 bits per heavy atom. The molecule has 0 saturated carbocycles. The fraction of sp³-hybridized carbons (Fsp3) is 0.474. The van der Waals surface area contributed by atoms with Crippen molar-refractivity contribution in [3.05, 3.63) is 29.7 Å². The maximum absolute atomic E-state index is 13.8. The second kappa shape index (κ2) is 8.30. The summed E-state index contributed by atoms with van der Waals surface area (Å²) in [6.45, 7) is 3.68. The quantitative estimate of drug-likeness (QED) is 0.499. The number of amides is 2. The molecule has 0 bridgehead atoms. The number of thiocarbonyl (C=S) groups is 1. The number of nitrogens with two attached hydrogens (primary N) is 1. The lowest BCUT2D eigenvalue weighted by molar-refractivity contribution is -0.181. The van der Waals surface area contributed by atoms with Gasteiger partial charge in [-0.15, -0.1) is 0 Å². The van der Waals surface area contributed by atoms with Gasteiger partial charge in [-0.05, 0) is 38.5 Å². The molecule has 3 heterocycles. The molecule has 0 aromatic carbocycles. The highest BCUT2D eigenvalue weighted by molar-refractivity contribution is 7.80. The lowest BCUT2D eigenvalue weighted by atomic mass is 9.87. The molecular formula is C19H21F4N5OS2. The summed E-state index contributed by atoms with van der Waals surface area (Å²) in [5, 5.41) is 2.84. The van der Waals surface area contributed by atoms with Gasteiger partial charge in [-0.3, -0.25) is 10.3 Å². The highest BCUT2D eigenvalue weighted by Gasteiger charge is 2.49. The fourth-order valence-electron chi connectivity index (χ4n) is 3.22. The number of rotatable bonds is 4. The number of pyridine rings is 1. The Morgan fingerprint density at radius 1 is 1.39 bits per heavy atom. The largest absolute Gasteiger partial charge is 0.399 e. The number of carbonyl (C=O) groups is 1. The van der Waals surface area contributed by atoms with E-state index >= 15 is 0 Å². The first-order valence-electron chi connectivity index (χ1n) is 9.33. The number of alkyl halides is 4. The summed E-state index contributed by atoms with van der Waals surface area (Å²) >= 11 is 6.02. The van der Waals surface area contributed by atoms with E-state index in [9.17, 15) is 22.4 Å². The number of hydrogen-bond donors (Lipinski definition) is 2. The summed E-state index contributed by atoms with van der Waals surface area (Å²) in [6.07, 6.45) is -4.34. The molecule has 12 heteroatoms. The number of aromatic nitrogens is 2. The van der Waals surface area contributed by atoms with Gasteiger partial charge in [0.1, 0.15) is 11.6 Å². The predicted molar refractivity (Wildman–Crippen MR) is 115 cm³/mol. The number of carbonyl (C=O) groups excluding carboxylic acids is 1. The second-order valence-corrected chi connectivity index (χ2v) is 9.29. The van der Waals surface area contributed by atoms with Crippen LogP contribution < -0.4 is 11.1 Å². The molecular weight excluding hydrogens is 454 g/mol. The van der Waals surface area contributed by atoms with E-state index in [1.165, 1.54) is 17.2 Å². The molecule has 1 fully saturated rings. The third kappa shape index (κ3) is 4.64. The molecule has 0 spiro atoms. The topological polar surface area (TPSA) is 84.1 Å². The summed E-state index contributed by atoms with van der Waals surface area (Å²) in [6, 6.07) is 1.68. The first kappa shape index (κ1) is 23.3. The average Bonchev–Trinajstić information content (AvgIpc) is 3.23. The molecule has 0 aliphatic carbocycles. The number of thiazole rings is 1. The lowest BCUT2D eigenvalue weighted by Gasteiger charge is -2.27. The van der Waals surface area contributed by atoms with Crippen molar-refractivity contribution in [2.75, 3.05) is 11.9 Å². The Bertz CT molecular complexity index is 1010. The van der Waals surface area contributed by atoms with E-state index in [0.717, 1.165) is 25.2 Å². The molecule has 2 amide bonds. The van der Waals surface area contributed by atoms with Crippen molar-refractivity contribution in [3.8, 4) is 10.4 Å². The highest BCUT2D eigenvalue weighted by atomic mass is 32.1. The minimum atomic E-state index is -4.47. The second-order valence-electron chi connectivity index (χ2n) is 7.82. The van der Waals surface area contributed by atoms with Crippen molar-refractivity contribution in [1.29, 1.82) is 0 Å². The predicted octanol–water partition coefficient (Wildman–Crippen LogP) is 4.58. The van der Waals surface area contributed by atoms with Crippen LogP contribution in [0.1, 0.15) is 31.7 Å². The SMILES string of the molecule is Cc1nc(NC(=O)N2CC(F)CC2C(N)=S)sc1-c1ccnc(C(C)(C)C(F)(F)F)c1. The van der Waals surface area contributed by atoms with Crippen molar-refractivity contribution >= 4 is 39.7 Å². The van der Waals surface area contributed by atoms with Crippen LogP contribution in [-0.2, 0) is 5.41 Å². The number of anilines is 1. The smallest absolute Gasteiger partial charge is 0.392 e. The van der Waals surface area contributed by atoms with Gasteiger partial charge >= 0.3 is 12.2 Å². The third-order valence-electron chi connectivity index (χ3n) is 5.22. The first-order chi connectivity index (χ1) is 14.3. The van der Waals surface area contributed by atoms with Gasteiger partial charge in [-0.25, -0.2) is 14.2 Å². The van der Waals surface area contributed by atoms with E-state index in [0.29, 0.717) is 16.1 Å². The van der Waals surface area contributed by atoms with Gasteiger partial charge in [0.05, 0.1) is 33.8 Å². The maximum Gasteiger partial charge on any atom is 0.399 e. The molecule has 1 aliphatic heterocycles. The summed E-state index contributed by atoms with van der Waals surface area (Å²) in [5.74, 6) is 0. The molecule has 3 N–H and O–H groups in total. The molecule has 168 valence electrons. The normalized spacial score (nSPS) is 19.5. The van der Waals surface area contributed by atoms with Crippen LogP contribution >= 0.6 is 23.6 Å². The summed E-state index contributed by atoms with van der Waals surface area (Å²) in [4.78, 5) is 22.6. The summed E-state index contributed by atoms with van der Waals surface area (Å²) in [7, 11) is 0. The van der Waals surface area contributed by atoms with Crippen LogP contribution in [0.5, 0.6) is 0 Å². The van der Waals surface area contributed by atoms with Crippen LogP contribution in [0.4, 0.5) is 27.5 Å². The molecule has 3 rings (SSSR count). The maximum atomic E-state index is 13.8. The number of aryl methyl sites for hydroxylation is 1. The van der Waals surface area contributed by atoms with Crippen LogP contribution in [0.3, 0.4) is 0 Å². The van der Waals surface area contributed by atoms with Crippen LogP contribution in [-0.4, -0.2) is 50.8 Å².